The molecule has 0 atom stereocenters. The summed E-state index contributed by atoms with van der Waals surface area (Å²) in [6, 6.07) is 5.84. The number of nitrogens with zero attached hydrogens (tertiary/aromatic N) is 1. The van der Waals surface area contributed by atoms with Crippen molar-refractivity contribution in [1.82, 2.24) is 4.72 Å². The first-order chi connectivity index (χ1) is 10.1. The van der Waals surface area contributed by atoms with E-state index in [2.05, 4.69) is 9.62 Å². The number of nitrogens with one attached hydrogen (secondary N) is 1. The molecule has 1 aromatic carbocycles. The molecule has 0 heterocycles. The van der Waals surface area contributed by atoms with Gasteiger partial charge in [0.05, 0.1) is 6.26 Å². The highest BCUT2D eigenvalue weighted by molar-refractivity contribution is 7.88. The Morgan fingerprint density at radius 1 is 1.36 bits per heavy atom. The summed E-state index contributed by atoms with van der Waals surface area (Å²) in [5.74, 6) is 0. The molecule has 10 heteroatoms. The zero-order valence-corrected chi connectivity index (χ0v) is 14.4. The smallest absolute Gasteiger partial charge is 0.299 e. The molecule has 0 aliphatic carbocycles. The molecule has 0 aliphatic rings. The molecule has 1 aromatic rings. The largest absolute Gasteiger partial charge is 0.399 e. The minimum atomic E-state index is -3.12. The lowest BCUT2D eigenvalue weighted by Gasteiger charge is -2.23. The molecule has 0 amide bonds. The summed E-state index contributed by atoms with van der Waals surface area (Å²) in [5, 5.41) is 0. The Morgan fingerprint density at radius 2 is 1.91 bits per heavy atom. The molecule has 8 nitrogen and oxygen atoms in total. The Labute approximate surface area is 133 Å². The Bertz CT molecular complexity index is 588. The number of nitrogens with two attached hydrogens (primary N) is 1. The number of nitrogen functional groups attached to an aromatic ring is 1. The third-order valence-electron chi connectivity index (χ3n) is 2.75. The monoisotopic (exact) mass is 353 g/mol. The van der Waals surface area contributed by atoms with Gasteiger partial charge in [-0.2, -0.15) is 4.21 Å². The van der Waals surface area contributed by atoms with Gasteiger partial charge in [-0.1, -0.05) is 0 Å². The number of hydrogen-bond donors (Lipinski definition) is 4. The van der Waals surface area contributed by atoms with Gasteiger partial charge in [-0.05, 0) is 37.6 Å². The summed E-state index contributed by atoms with van der Waals surface area (Å²) in [6.45, 7) is 5.84. The SMILES string of the molecule is CCN(CCNS(C)(=O)=O)c1ccc(N)c(C)c1.O=S(O)O. The molecular weight excluding hydrogens is 330 g/mol. The van der Waals surface area contributed by atoms with E-state index in [1.165, 1.54) is 0 Å². The van der Waals surface area contributed by atoms with Crippen LogP contribution in [0.3, 0.4) is 0 Å². The lowest BCUT2D eigenvalue weighted by Crippen LogP contribution is -2.34. The Kier molecular flexibility index (Phi) is 9.21. The van der Waals surface area contributed by atoms with Gasteiger partial charge >= 0.3 is 0 Å². The van der Waals surface area contributed by atoms with Crippen molar-refractivity contribution < 1.29 is 21.7 Å². The van der Waals surface area contributed by atoms with Crippen LogP contribution in [0.15, 0.2) is 18.2 Å². The minimum Gasteiger partial charge on any atom is -0.399 e. The Morgan fingerprint density at radius 3 is 2.32 bits per heavy atom. The third kappa shape index (κ3) is 9.68. The van der Waals surface area contributed by atoms with Crippen LogP contribution in [0.2, 0.25) is 0 Å². The molecule has 0 unspecified atom stereocenters. The van der Waals surface area contributed by atoms with E-state index in [0.717, 1.165) is 29.7 Å². The molecule has 1 rings (SSSR count). The number of sulfonamides is 1. The van der Waals surface area contributed by atoms with E-state index in [9.17, 15) is 8.42 Å². The highest BCUT2D eigenvalue weighted by atomic mass is 32.2. The molecule has 0 fully saturated rings. The zero-order chi connectivity index (χ0) is 17.3. The molecule has 22 heavy (non-hydrogen) atoms. The number of anilines is 2. The van der Waals surface area contributed by atoms with E-state index in [-0.39, 0.29) is 0 Å². The van der Waals surface area contributed by atoms with Gasteiger partial charge in [0.1, 0.15) is 0 Å². The van der Waals surface area contributed by atoms with E-state index >= 15 is 0 Å². The van der Waals surface area contributed by atoms with Crippen LogP contribution < -0.4 is 15.4 Å². The van der Waals surface area contributed by atoms with Crippen LogP contribution in [0.25, 0.3) is 0 Å². The lowest BCUT2D eigenvalue weighted by molar-refractivity contribution is 0.454. The number of benzene rings is 1. The molecule has 0 aromatic heterocycles. The molecule has 0 saturated heterocycles. The third-order valence-corrected chi connectivity index (χ3v) is 3.47. The predicted octanol–water partition coefficient (Wildman–Crippen LogP) is 0.634. The van der Waals surface area contributed by atoms with Crippen LogP contribution in [0, 0.1) is 6.92 Å². The Hall–Kier alpha value is -1.20. The second kappa shape index (κ2) is 9.74. The topological polar surface area (TPSA) is 133 Å². The molecule has 0 saturated carbocycles. The first kappa shape index (κ1) is 20.8. The fourth-order valence-corrected chi connectivity index (χ4v) is 2.15. The second-order valence-electron chi connectivity index (χ2n) is 4.52. The quantitative estimate of drug-likeness (QED) is 0.435. The molecule has 0 aliphatic heterocycles. The maximum Gasteiger partial charge on any atom is 0.299 e. The average molecular weight is 353 g/mol. The number of likely N-dealkylation sites (N-methyl/N-ethyl adjacent to an activating group) is 1. The van der Waals surface area contributed by atoms with Crippen molar-refractivity contribution in [2.45, 2.75) is 13.8 Å². The summed E-state index contributed by atoms with van der Waals surface area (Å²) in [5.41, 5.74) is 8.63. The van der Waals surface area contributed by atoms with Gasteiger partial charge in [-0.15, -0.1) is 0 Å². The van der Waals surface area contributed by atoms with E-state index < -0.39 is 21.4 Å². The summed E-state index contributed by atoms with van der Waals surface area (Å²) in [4.78, 5) is 2.10. The number of aryl methyl sites for hydroxylation is 1. The average Bonchev–Trinajstić information content (AvgIpc) is 2.36. The van der Waals surface area contributed by atoms with Crippen molar-refractivity contribution in [1.29, 1.82) is 0 Å². The van der Waals surface area contributed by atoms with Gasteiger partial charge in [-0.3, -0.25) is 9.11 Å². The maximum atomic E-state index is 11.0. The van der Waals surface area contributed by atoms with Gasteiger partial charge < -0.3 is 10.6 Å². The van der Waals surface area contributed by atoms with E-state index in [4.69, 9.17) is 19.0 Å². The lowest BCUT2D eigenvalue weighted by atomic mass is 10.1. The van der Waals surface area contributed by atoms with Crippen molar-refractivity contribution in [2.24, 2.45) is 0 Å². The van der Waals surface area contributed by atoms with Crippen LogP contribution in [-0.2, 0) is 21.4 Å². The van der Waals surface area contributed by atoms with Crippen molar-refractivity contribution in [3.05, 3.63) is 23.8 Å². The van der Waals surface area contributed by atoms with Crippen LogP contribution in [-0.4, -0.2) is 47.6 Å². The van der Waals surface area contributed by atoms with E-state index in [0.29, 0.717) is 13.1 Å². The van der Waals surface area contributed by atoms with Crippen molar-refractivity contribution in [2.75, 3.05) is 36.5 Å². The Balaban J connectivity index is 0.000000980. The number of rotatable bonds is 6. The summed E-state index contributed by atoms with van der Waals surface area (Å²) in [6.07, 6.45) is 1.16. The first-order valence-electron chi connectivity index (χ1n) is 6.42. The van der Waals surface area contributed by atoms with Crippen LogP contribution in [0.5, 0.6) is 0 Å². The summed E-state index contributed by atoms with van der Waals surface area (Å²) < 4.78 is 47.3. The highest BCUT2D eigenvalue weighted by Gasteiger charge is 2.07. The first-order valence-corrected chi connectivity index (χ1v) is 9.38. The van der Waals surface area contributed by atoms with E-state index in [1.807, 2.05) is 32.0 Å². The van der Waals surface area contributed by atoms with Gasteiger partial charge in [0.15, 0.2) is 0 Å². The fourth-order valence-electron chi connectivity index (χ4n) is 1.69. The summed E-state index contributed by atoms with van der Waals surface area (Å²) >= 11 is -2.61. The van der Waals surface area contributed by atoms with Crippen molar-refractivity contribution >= 4 is 32.8 Å². The van der Waals surface area contributed by atoms with Gasteiger partial charge in [0.25, 0.3) is 11.4 Å². The molecule has 128 valence electrons. The summed E-state index contributed by atoms with van der Waals surface area (Å²) in [7, 11) is -3.12. The minimum absolute atomic E-state index is 0.399. The zero-order valence-electron chi connectivity index (χ0n) is 12.8. The second-order valence-corrected chi connectivity index (χ2v) is 6.81. The van der Waals surface area contributed by atoms with Crippen molar-refractivity contribution in [3.63, 3.8) is 0 Å². The molecule has 0 bridgehead atoms. The van der Waals surface area contributed by atoms with Crippen LogP contribution in [0.4, 0.5) is 11.4 Å². The van der Waals surface area contributed by atoms with Gasteiger partial charge in [0.2, 0.25) is 10.0 Å². The molecule has 0 radical (unpaired) electrons. The highest BCUT2D eigenvalue weighted by Crippen LogP contribution is 2.20. The van der Waals surface area contributed by atoms with Crippen LogP contribution >= 0.6 is 0 Å². The van der Waals surface area contributed by atoms with E-state index in [1.54, 1.807) is 0 Å². The normalized spacial score (nSPS) is 11.0. The van der Waals surface area contributed by atoms with Crippen molar-refractivity contribution in [3.8, 4) is 0 Å². The fraction of sp³-hybridized carbons (Fsp3) is 0.500. The molecule has 0 spiro atoms. The molecular formula is C12H23N3O5S2. The standard InChI is InChI=1S/C12H21N3O2S.H2O3S/c1-4-15(8-7-14-18(3,16)17)11-5-6-12(13)10(2)9-11;1-4(2)3/h5-6,9,14H,4,7-8,13H2,1-3H3;(H2,1,2,3). The maximum absolute atomic E-state index is 11.0. The predicted molar refractivity (Wildman–Crippen MR) is 89.7 cm³/mol. The molecule has 5 N–H and O–H groups in total. The van der Waals surface area contributed by atoms with Gasteiger partial charge in [-0.25, -0.2) is 13.1 Å². The van der Waals surface area contributed by atoms with Gasteiger partial charge in [0, 0.05) is 31.0 Å². The van der Waals surface area contributed by atoms with Crippen LogP contribution in [0.1, 0.15) is 12.5 Å². The number of hydrogen-bond acceptors (Lipinski definition) is 5.